The van der Waals surface area contributed by atoms with Gasteiger partial charge in [-0.25, -0.2) is 0 Å². The van der Waals surface area contributed by atoms with Gasteiger partial charge >= 0.3 is 0 Å². The summed E-state index contributed by atoms with van der Waals surface area (Å²) >= 11 is 8.88. The van der Waals surface area contributed by atoms with Crippen LogP contribution in [-0.2, 0) is 0 Å². The Morgan fingerprint density at radius 1 is 0.667 bits per heavy atom. The minimum atomic E-state index is -1.01. The molecular weight excluding hydrogens is 425 g/mol. The average Bonchev–Trinajstić information content (AvgIpc) is 3.19. The highest BCUT2D eigenvalue weighted by Crippen LogP contribution is 2.57. The number of anilines is 1. The Morgan fingerprint density at radius 2 is 1.37 bits per heavy atom. The van der Waals surface area contributed by atoms with Crippen LogP contribution in [0.25, 0.3) is 52.8 Å². The first kappa shape index (κ1) is 17.1. The lowest BCUT2D eigenvalue weighted by Gasteiger charge is -2.29. The van der Waals surface area contributed by atoms with E-state index in [-0.39, 0.29) is 0 Å². The monoisotopic (exact) mass is 439 g/mol. The number of thiophene rings is 1. The highest BCUT2D eigenvalue weighted by molar-refractivity contribution is 7.91. The maximum absolute atomic E-state index is 7.00. The van der Waals surface area contributed by atoms with Crippen molar-refractivity contribution in [3.05, 3.63) is 84.9 Å². The van der Waals surface area contributed by atoms with Gasteiger partial charge in [0.05, 0.1) is 5.69 Å². The third kappa shape index (κ3) is 2.17. The van der Waals surface area contributed by atoms with E-state index in [4.69, 9.17) is 11.2 Å². The number of benzene rings is 5. The molecule has 0 radical (unpaired) electrons. The standard InChI is InChI=1S/C26H15ClNPS/c27-29-20-14-13-15-7-1-2-8-16(15)22(20)23-17-9-3-4-10-18(17)26-24(25(23)28-29)19-11-5-6-12-21(19)30-26/h1-14,28H. The lowest BCUT2D eigenvalue weighted by Crippen LogP contribution is -2.14. The van der Waals surface area contributed by atoms with E-state index in [9.17, 15) is 0 Å². The number of halogens is 1. The molecule has 1 N–H and O–H groups in total. The quantitative estimate of drug-likeness (QED) is 0.233. The van der Waals surface area contributed by atoms with Crippen LogP contribution in [0, 0.1) is 0 Å². The zero-order valence-corrected chi connectivity index (χ0v) is 18.3. The molecule has 1 aromatic heterocycles. The summed E-state index contributed by atoms with van der Waals surface area (Å²) in [6, 6.07) is 30.6. The van der Waals surface area contributed by atoms with E-state index < -0.39 is 7.43 Å². The second kappa shape index (κ2) is 6.18. The van der Waals surface area contributed by atoms with Crippen molar-refractivity contribution in [2.24, 2.45) is 0 Å². The predicted octanol–water partition coefficient (Wildman–Crippen LogP) is 8.63. The zero-order chi connectivity index (χ0) is 19.8. The fourth-order valence-corrected chi connectivity index (χ4v) is 7.96. The van der Waals surface area contributed by atoms with Crippen LogP contribution in [0.15, 0.2) is 84.9 Å². The van der Waals surface area contributed by atoms with Crippen LogP contribution in [0.1, 0.15) is 0 Å². The fourth-order valence-electron chi connectivity index (χ4n) is 4.86. The molecule has 30 heavy (non-hydrogen) atoms. The van der Waals surface area contributed by atoms with Crippen LogP contribution in [0.5, 0.6) is 0 Å². The molecule has 1 aliphatic rings. The van der Waals surface area contributed by atoms with Gasteiger partial charge in [0.25, 0.3) is 0 Å². The Morgan fingerprint density at radius 3 is 2.23 bits per heavy atom. The number of fused-ring (bicyclic) bond motifs is 12. The van der Waals surface area contributed by atoms with Gasteiger partial charge in [-0.15, -0.1) is 11.3 Å². The van der Waals surface area contributed by atoms with Crippen molar-refractivity contribution in [1.82, 2.24) is 0 Å². The van der Waals surface area contributed by atoms with Crippen molar-refractivity contribution < 1.29 is 0 Å². The number of hydrogen-bond donors (Lipinski definition) is 1. The molecule has 1 unspecified atom stereocenters. The summed E-state index contributed by atoms with van der Waals surface area (Å²) in [6.45, 7) is 0. The van der Waals surface area contributed by atoms with E-state index in [1.165, 1.54) is 63.8 Å². The summed E-state index contributed by atoms with van der Waals surface area (Å²) in [5, 5.41) is 12.7. The molecule has 1 aliphatic heterocycles. The van der Waals surface area contributed by atoms with E-state index in [0.717, 1.165) is 0 Å². The highest BCUT2D eigenvalue weighted by atomic mass is 35.7. The maximum Gasteiger partial charge on any atom is 0.119 e. The first-order valence-electron chi connectivity index (χ1n) is 9.92. The summed E-state index contributed by atoms with van der Waals surface area (Å²) in [7, 11) is -1.01. The second-order valence-electron chi connectivity index (χ2n) is 7.67. The molecule has 0 saturated carbocycles. The largest absolute Gasteiger partial charge is 0.347 e. The van der Waals surface area contributed by atoms with Crippen molar-refractivity contribution in [1.29, 1.82) is 0 Å². The molecule has 142 valence electrons. The van der Waals surface area contributed by atoms with E-state index in [2.05, 4.69) is 90.0 Å². The molecule has 5 aromatic carbocycles. The van der Waals surface area contributed by atoms with E-state index in [0.29, 0.717) is 0 Å². The van der Waals surface area contributed by atoms with Gasteiger partial charge in [-0.05, 0) is 22.2 Å². The number of rotatable bonds is 0. The van der Waals surface area contributed by atoms with Gasteiger partial charge in [-0.2, -0.15) is 0 Å². The third-order valence-electron chi connectivity index (χ3n) is 6.12. The fraction of sp³-hybridized carbons (Fsp3) is 0. The van der Waals surface area contributed by atoms with Crippen molar-refractivity contribution in [2.45, 2.75) is 0 Å². The Hall–Kier alpha value is -2.64. The molecule has 0 bridgehead atoms. The lowest BCUT2D eigenvalue weighted by atomic mass is 9.90. The van der Waals surface area contributed by atoms with E-state index in [1.807, 2.05) is 11.3 Å². The van der Waals surface area contributed by atoms with E-state index in [1.54, 1.807) is 0 Å². The summed E-state index contributed by atoms with van der Waals surface area (Å²) in [4.78, 5) is 0. The molecule has 6 aromatic rings. The van der Waals surface area contributed by atoms with Crippen LogP contribution < -0.4 is 10.4 Å². The highest BCUT2D eigenvalue weighted by Gasteiger charge is 2.29. The van der Waals surface area contributed by atoms with Crippen LogP contribution in [0.2, 0.25) is 0 Å². The van der Waals surface area contributed by atoms with Crippen LogP contribution in [-0.4, -0.2) is 0 Å². The lowest BCUT2D eigenvalue weighted by molar-refractivity contribution is 1.71. The smallest absolute Gasteiger partial charge is 0.119 e. The molecule has 2 heterocycles. The van der Waals surface area contributed by atoms with Gasteiger partial charge in [0.15, 0.2) is 0 Å². The summed E-state index contributed by atoms with van der Waals surface area (Å²) in [6.07, 6.45) is 0. The molecule has 0 fully saturated rings. The molecule has 1 atom stereocenters. The van der Waals surface area contributed by atoms with Gasteiger partial charge in [0, 0.05) is 42.0 Å². The number of hydrogen-bond acceptors (Lipinski definition) is 2. The Balaban J connectivity index is 1.80. The van der Waals surface area contributed by atoms with E-state index >= 15 is 0 Å². The minimum absolute atomic E-state index is 1.01. The molecule has 0 saturated heterocycles. The topological polar surface area (TPSA) is 12.0 Å². The van der Waals surface area contributed by atoms with Crippen molar-refractivity contribution in [3.8, 4) is 11.1 Å². The Kier molecular flexibility index (Phi) is 3.52. The SMILES string of the molecule is ClP1Nc2c(c3ccccc3c3sc4ccccc4c23)-c2c1ccc1ccccc21. The van der Waals surface area contributed by atoms with Gasteiger partial charge in [-0.3, -0.25) is 0 Å². The first-order chi connectivity index (χ1) is 14.8. The van der Waals surface area contributed by atoms with Crippen molar-refractivity contribution >= 4 is 82.7 Å². The molecule has 0 aliphatic carbocycles. The van der Waals surface area contributed by atoms with Crippen molar-refractivity contribution in [2.75, 3.05) is 5.09 Å². The molecule has 7 rings (SSSR count). The first-order valence-corrected chi connectivity index (χ1v) is 13.0. The second-order valence-corrected chi connectivity index (χ2v) is 11.0. The van der Waals surface area contributed by atoms with Crippen LogP contribution >= 0.6 is 30.0 Å². The summed E-state index contributed by atoms with van der Waals surface area (Å²) < 4.78 is 2.65. The molecule has 0 amide bonds. The Labute approximate surface area is 183 Å². The Bertz CT molecular complexity index is 1650. The van der Waals surface area contributed by atoms with Crippen molar-refractivity contribution in [3.63, 3.8) is 0 Å². The van der Waals surface area contributed by atoms with Gasteiger partial charge in [0.2, 0.25) is 0 Å². The third-order valence-corrected chi connectivity index (χ3v) is 9.33. The predicted molar refractivity (Wildman–Crippen MR) is 136 cm³/mol. The van der Waals surface area contributed by atoms with Crippen LogP contribution in [0.3, 0.4) is 0 Å². The van der Waals surface area contributed by atoms with Gasteiger partial charge in [0.1, 0.15) is 7.43 Å². The maximum atomic E-state index is 7.00. The normalized spacial score (nSPS) is 15.4. The molecule has 4 heteroatoms. The minimum Gasteiger partial charge on any atom is -0.347 e. The average molecular weight is 440 g/mol. The summed E-state index contributed by atoms with van der Waals surface area (Å²) in [5.74, 6) is 0. The summed E-state index contributed by atoms with van der Waals surface area (Å²) in [5.41, 5.74) is 3.76. The van der Waals surface area contributed by atoms with Gasteiger partial charge in [-0.1, -0.05) is 90.1 Å². The molecule has 1 nitrogen and oxygen atoms in total. The number of nitrogens with one attached hydrogen (secondary N) is 1. The molecule has 0 spiro atoms. The van der Waals surface area contributed by atoms with Gasteiger partial charge < -0.3 is 5.09 Å². The van der Waals surface area contributed by atoms with Crippen LogP contribution in [0.4, 0.5) is 5.69 Å². The zero-order valence-electron chi connectivity index (χ0n) is 15.8. The molecular formula is C26H15ClNPS.